The number of nitrogens with zero attached hydrogens (tertiary/aromatic N) is 1. The van der Waals surface area contributed by atoms with Crippen LogP contribution in [0.25, 0.3) is 0 Å². The highest BCUT2D eigenvalue weighted by atomic mass is 32.2. The molecule has 1 heterocycles. The van der Waals surface area contributed by atoms with Gasteiger partial charge in [-0.1, -0.05) is 13.3 Å². The van der Waals surface area contributed by atoms with Crippen LogP contribution < -0.4 is 4.74 Å². The Labute approximate surface area is 132 Å². The molecule has 1 unspecified atom stereocenters. The lowest BCUT2D eigenvalue weighted by atomic mass is 10.2. The largest absolute Gasteiger partial charge is 0.494 e. The minimum atomic E-state index is -3.08. The van der Waals surface area contributed by atoms with Gasteiger partial charge in [0.2, 0.25) is 0 Å². The Hall–Kier alpha value is -1.56. The highest BCUT2D eigenvalue weighted by molar-refractivity contribution is 7.91. The minimum absolute atomic E-state index is 0.119. The first-order chi connectivity index (χ1) is 10.4. The lowest BCUT2D eigenvalue weighted by Gasteiger charge is -2.16. The molecule has 0 spiro atoms. The highest BCUT2D eigenvalue weighted by Gasteiger charge is 2.32. The molecule has 1 aliphatic rings. The lowest BCUT2D eigenvalue weighted by molar-refractivity contribution is 0.0793. The van der Waals surface area contributed by atoms with Crippen molar-refractivity contribution in [2.45, 2.75) is 31.4 Å². The molecule has 22 heavy (non-hydrogen) atoms. The topological polar surface area (TPSA) is 63.7 Å². The van der Waals surface area contributed by atoms with Crippen molar-refractivity contribution in [3.63, 3.8) is 0 Å². The average Bonchev–Trinajstić information content (AvgIpc) is 2.97. The standard InChI is InChI=1S/C16H23NO4S/c1-3-4-11-21-14-7-5-13(6-8-14)16(18)17-10-9-15(12-17)22(2,19)20/h5-8,15H,3-4,9-12H2,1-2H3. The molecule has 122 valence electrons. The molecule has 0 bridgehead atoms. The van der Waals surface area contributed by atoms with Crippen molar-refractivity contribution in [2.75, 3.05) is 26.0 Å². The summed E-state index contributed by atoms with van der Waals surface area (Å²) >= 11 is 0. The second kappa shape index (κ2) is 7.13. The molecule has 1 saturated heterocycles. The van der Waals surface area contributed by atoms with Gasteiger partial charge in [-0.05, 0) is 37.1 Å². The summed E-state index contributed by atoms with van der Waals surface area (Å²) in [5, 5.41) is -0.437. The smallest absolute Gasteiger partial charge is 0.253 e. The van der Waals surface area contributed by atoms with Gasteiger partial charge in [0.05, 0.1) is 11.9 Å². The SMILES string of the molecule is CCCCOc1ccc(C(=O)N2CCC(S(C)(=O)=O)C2)cc1. The van der Waals surface area contributed by atoms with Gasteiger partial charge in [0.15, 0.2) is 9.84 Å². The number of unbranched alkanes of at least 4 members (excludes halogenated alkanes) is 1. The number of ether oxygens (including phenoxy) is 1. The van der Waals surface area contributed by atoms with Gasteiger partial charge in [0.1, 0.15) is 5.75 Å². The molecule has 1 fully saturated rings. The number of carbonyl (C=O) groups is 1. The molecule has 1 aromatic carbocycles. The van der Waals surface area contributed by atoms with Gasteiger partial charge in [0.25, 0.3) is 5.91 Å². The third-order valence-electron chi connectivity index (χ3n) is 3.91. The molecule has 0 saturated carbocycles. The monoisotopic (exact) mass is 325 g/mol. The Morgan fingerprint density at radius 1 is 1.32 bits per heavy atom. The molecule has 0 aliphatic carbocycles. The Balaban J connectivity index is 1.96. The Morgan fingerprint density at radius 2 is 2.00 bits per heavy atom. The van der Waals surface area contributed by atoms with E-state index < -0.39 is 15.1 Å². The molecule has 1 atom stereocenters. The summed E-state index contributed by atoms with van der Waals surface area (Å²) in [6.45, 7) is 3.55. The number of hydrogen-bond acceptors (Lipinski definition) is 4. The quantitative estimate of drug-likeness (QED) is 0.752. The molecule has 1 amide bonds. The van der Waals surface area contributed by atoms with Crippen LogP contribution in [0.5, 0.6) is 5.75 Å². The van der Waals surface area contributed by atoms with Crippen LogP contribution in [0.4, 0.5) is 0 Å². The first-order valence-electron chi connectivity index (χ1n) is 7.63. The summed E-state index contributed by atoms with van der Waals surface area (Å²) in [5.41, 5.74) is 0.567. The number of sulfone groups is 1. The van der Waals surface area contributed by atoms with Crippen LogP contribution in [0.15, 0.2) is 24.3 Å². The summed E-state index contributed by atoms with van der Waals surface area (Å²) in [7, 11) is -3.08. The molecular weight excluding hydrogens is 302 g/mol. The summed E-state index contributed by atoms with van der Waals surface area (Å²) < 4.78 is 28.7. The molecular formula is C16H23NO4S. The van der Waals surface area contributed by atoms with Gasteiger partial charge in [-0.15, -0.1) is 0 Å². The molecule has 0 N–H and O–H groups in total. The van der Waals surface area contributed by atoms with E-state index in [9.17, 15) is 13.2 Å². The fourth-order valence-corrected chi connectivity index (χ4v) is 3.46. The fourth-order valence-electron chi connectivity index (χ4n) is 2.47. The molecule has 5 nitrogen and oxygen atoms in total. The van der Waals surface area contributed by atoms with Crippen molar-refractivity contribution in [1.82, 2.24) is 4.90 Å². The average molecular weight is 325 g/mol. The van der Waals surface area contributed by atoms with Gasteiger partial charge >= 0.3 is 0 Å². The third kappa shape index (κ3) is 4.22. The van der Waals surface area contributed by atoms with Crippen LogP contribution in [-0.2, 0) is 9.84 Å². The third-order valence-corrected chi connectivity index (χ3v) is 5.50. The Morgan fingerprint density at radius 3 is 2.55 bits per heavy atom. The number of hydrogen-bond donors (Lipinski definition) is 0. The van der Waals surface area contributed by atoms with Crippen LogP contribution in [0.1, 0.15) is 36.5 Å². The summed E-state index contributed by atoms with van der Waals surface area (Å²) in [6.07, 6.45) is 3.82. The van der Waals surface area contributed by atoms with Gasteiger partial charge in [-0.2, -0.15) is 0 Å². The van der Waals surface area contributed by atoms with Crippen LogP contribution in [0.3, 0.4) is 0 Å². The molecule has 1 aromatic rings. The van der Waals surface area contributed by atoms with Gasteiger partial charge in [0, 0.05) is 24.9 Å². The summed E-state index contributed by atoms with van der Waals surface area (Å²) in [5.74, 6) is 0.631. The molecule has 0 aromatic heterocycles. The van der Waals surface area contributed by atoms with Crippen molar-refractivity contribution in [3.8, 4) is 5.75 Å². The summed E-state index contributed by atoms with van der Waals surface area (Å²) in [6, 6.07) is 7.04. The molecule has 0 radical (unpaired) electrons. The Kier molecular flexibility index (Phi) is 5.45. The highest BCUT2D eigenvalue weighted by Crippen LogP contribution is 2.20. The van der Waals surface area contributed by atoms with Crippen molar-refractivity contribution in [3.05, 3.63) is 29.8 Å². The van der Waals surface area contributed by atoms with Crippen LogP contribution in [0.2, 0.25) is 0 Å². The maximum atomic E-state index is 12.4. The van der Waals surface area contributed by atoms with Crippen molar-refractivity contribution >= 4 is 15.7 Å². The van der Waals surface area contributed by atoms with E-state index in [1.54, 1.807) is 29.2 Å². The summed E-state index contributed by atoms with van der Waals surface area (Å²) in [4.78, 5) is 14.0. The first-order valence-corrected chi connectivity index (χ1v) is 9.58. The van der Waals surface area contributed by atoms with Crippen molar-refractivity contribution in [1.29, 1.82) is 0 Å². The minimum Gasteiger partial charge on any atom is -0.494 e. The van der Waals surface area contributed by atoms with Crippen LogP contribution in [0, 0.1) is 0 Å². The fraction of sp³-hybridized carbons (Fsp3) is 0.562. The van der Waals surface area contributed by atoms with E-state index in [0.717, 1.165) is 18.6 Å². The second-order valence-electron chi connectivity index (χ2n) is 5.72. The van der Waals surface area contributed by atoms with E-state index in [0.29, 0.717) is 25.1 Å². The number of benzene rings is 1. The molecule has 2 rings (SSSR count). The van der Waals surface area contributed by atoms with E-state index >= 15 is 0 Å². The number of rotatable bonds is 6. The lowest BCUT2D eigenvalue weighted by Crippen LogP contribution is -2.31. The number of amides is 1. The van der Waals surface area contributed by atoms with Crippen molar-refractivity contribution < 1.29 is 17.9 Å². The van der Waals surface area contributed by atoms with Crippen LogP contribution >= 0.6 is 0 Å². The van der Waals surface area contributed by atoms with Gasteiger partial charge in [-0.3, -0.25) is 4.79 Å². The maximum Gasteiger partial charge on any atom is 0.253 e. The first kappa shape index (κ1) is 16.8. The number of likely N-dealkylation sites (tertiary alicyclic amines) is 1. The normalized spacial score (nSPS) is 18.5. The second-order valence-corrected chi connectivity index (χ2v) is 8.04. The zero-order chi connectivity index (χ0) is 16.2. The maximum absolute atomic E-state index is 12.4. The van der Waals surface area contributed by atoms with Crippen LogP contribution in [-0.4, -0.2) is 50.4 Å². The van der Waals surface area contributed by atoms with E-state index in [1.807, 2.05) is 0 Å². The predicted molar refractivity (Wildman–Crippen MR) is 86.0 cm³/mol. The van der Waals surface area contributed by atoms with Gasteiger partial charge < -0.3 is 9.64 Å². The van der Waals surface area contributed by atoms with Gasteiger partial charge in [-0.25, -0.2) is 8.42 Å². The van der Waals surface area contributed by atoms with E-state index in [1.165, 1.54) is 6.26 Å². The molecule has 1 aliphatic heterocycles. The number of carbonyl (C=O) groups excluding carboxylic acids is 1. The van der Waals surface area contributed by atoms with E-state index in [-0.39, 0.29) is 12.5 Å². The van der Waals surface area contributed by atoms with Crippen molar-refractivity contribution in [2.24, 2.45) is 0 Å². The van der Waals surface area contributed by atoms with E-state index in [2.05, 4.69) is 6.92 Å². The zero-order valence-electron chi connectivity index (χ0n) is 13.1. The zero-order valence-corrected chi connectivity index (χ0v) is 13.9. The van der Waals surface area contributed by atoms with E-state index in [4.69, 9.17) is 4.74 Å². The Bertz CT molecular complexity index is 610. The predicted octanol–water partition coefficient (Wildman–Crippen LogP) is 2.12. The molecule has 6 heteroatoms.